The van der Waals surface area contributed by atoms with Gasteiger partial charge in [0.2, 0.25) is 0 Å². The zero-order valence-electron chi connectivity index (χ0n) is 11.3. The minimum Gasteiger partial charge on any atom is -0.379 e. The predicted octanol–water partition coefficient (Wildman–Crippen LogP) is 3.01. The summed E-state index contributed by atoms with van der Waals surface area (Å²) >= 11 is 3.27. The number of carbonyl (C=O) groups is 1. The zero-order valence-corrected chi connectivity index (χ0v) is 12.9. The van der Waals surface area contributed by atoms with Crippen LogP contribution in [0.5, 0.6) is 0 Å². The third-order valence-electron chi connectivity index (χ3n) is 2.80. The van der Waals surface area contributed by atoms with E-state index in [-0.39, 0.29) is 11.7 Å². The topological polar surface area (TPSA) is 29.5 Å². The van der Waals surface area contributed by atoms with Crippen LogP contribution in [-0.4, -0.2) is 42.4 Å². The molecule has 0 saturated carbocycles. The van der Waals surface area contributed by atoms with Crippen molar-refractivity contribution in [2.24, 2.45) is 0 Å². The quantitative estimate of drug-likeness (QED) is 0.567. The second-order valence-corrected chi connectivity index (χ2v) is 4.94. The molecule has 0 bridgehead atoms. The molecular weight excluding hydrogens is 313 g/mol. The van der Waals surface area contributed by atoms with Gasteiger partial charge in [-0.2, -0.15) is 0 Å². The van der Waals surface area contributed by atoms with E-state index < -0.39 is 0 Å². The maximum absolute atomic E-state index is 13.2. The van der Waals surface area contributed by atoms with E-state index >= 15 is 0 Å². The number of aryl methyl sites for hydroxylation is 1. The number of amides is 1. The molecule has 0 fully saturated rings. The fourth-order valence-corrected chi connectivity index (χ4v) is 1.92. The van der Waals surface area contributed by atoms with E-state index in [9.17, 15) is 9.18 Å². The number of ether oxygens (including phenoxy) is 1. The fraction of sp³-hybridized carbons (Fsp3) is 0.500. The van der Waals surface area contributed by atoms with Gasteiger partial charge in [0.25, 0.3) is 5.91 Å². The molecule has 5 heteroatoms. The van der Waals surface area contributed by atoms with Crippen LogP contribution >= 0.6 is 15.9 Å². The molecular formula is C14H19BrFNO2. The highest BCUT2D eigenvalue weighted by atomic mass is 79.9. The number of benzene rings is 1. The summed E-state index contributed by atoms with van der Waals surface area (Å²) in [4.78, 5) is 13.9. The van der Waals surface area contributed by atoms with Crippen LogP contribution in [0.4, 0.5) is 4.39 Å². The molecule has 106 valence electrons. The van der Waals surface area contributed by atoms with Crippen molar-refractivity contribution >= 4 is 21.8 Å². The SMILES string of the molecule is CCN(CCOCCBr)C(=O)c1ccc(F)c(C)c1. The third-order valence-corrected chi connectivity index (χ3v) is 3.12. The van der Waals surface area contributed by atoms with Crippen molar-refractivity contribution in [2.45, 2.75) is 13.8 Å². The van der Waals surface area contributed by atoms with Crippen molar-refractivity contribution in [3.05, 3.63) is 35.1 Å². The van der Waals surface area contributed by atoms with Gasteiger partial charge in [-0.3, -0.25) is 4.79 Å². The van der Waals surface area contributed by atoms with Crippen molar-refractivity contribution in [2.75, 3.05) is 31.6 Å². The molecule has 0 saturated heterocycles. The van der Waals surface area contributed by atoms with Crippen LogP contribution in [0.15, 0.2) is 18.2 Å². The van der Waals surface area contributed by atoms with E-state index in [2.05, 4.69) is 15.9 Å². The second-order valence-electron chi connectivity index (χ2n) is 4.15. The van der Waals surface area contributed by atoms with Crippen molar-refractivity contribution in [3.63, 3.8) is 0 Å². The van der Waals surface area contributed by atoms with E-state index in [1.165, 1.54) is 12.1 Å². The van der Waals surface area contributed by atoms with Gasteiger partial charge < -0.3 is 9.64 Å². The van der Waals surface area contributed by atoms with Crippen molar-refractivity contribution in [3.8, 4) is 0 Å². The van der Waals surface area contributed by atoms with Gasteiger partial charge >= 0.3 is 0 Å². The Morgan fingerprint density at radius 1 is 1.42 bits per heavy atom. The van der Waals surface area contributed by atoms with Crippen molar-refractivity contribution < 1.29 is 13.9 Å². The number of hydrogen-bond acceptors (Lipinski definition) is 2. The smallest absolute Gasteiger partial charge is 0.253 e. The molecule has 1 rings (SSSR count). The first-order valence-corrected chi connectivity index (χ1v) is 7.41. The normalized spacial score (nSPS) is 10.5. The number of alkyl halides is 1. The highest BCUT2D eigenvalue weighted by molar-refractivity contribution is 9.09. The average Bonchev–Trinajstić information content (AvgIpc) is 2.41. The molecule has 1 aromatic carbocycles. The van der Waals surface area contributed by atoms with Crippen LogP contribution in [0.3, 0.4) is 0 Å². The largest absolute Gasteiger partial charge is 0.379 e. The summed E-state index contributed by atoms with van der Waals surface area (Å²) in [5.41, 5.74) is 0.999. The summed E-state index contributed by atoms with van der Waals surface area (Å²) in [5.74, 6) is -0.381. The third kappa shape index (κ3) is 4.91. The number of rotatable bonds is 7. The average molecular weight is 332 g/mol. The zero-order chi connectivity index (χ0) is 14.3. The summed E-state index contributed by atoms with van der Waals surface area (Å²) in [6, 6.07) is 4.43. The Kier molecular flexibility index (Phi) is 7.02. The van der Waals surface area contributed by atoms with Gasteiger partial charge in [-0.05, 0) is 37.6 Å². The summed E-state index contributed by atoms with van der Waals surface area (Å²) in [7, 11) is 0. The Morgan fingerprint density at radius 3 is 2.74 bits per heavy atom. The molecule has 0 aliphatic carbocycles. The van der Waals surface area contributed by atoms with Gasteiger partial charge in [0, 0.05) is 24.0 Å². The molecule has 0 radical (unpaired) electrons. The van der Waals surface area contributed by atoms with Crippen LogP contribution < -0.4 is 0 Å². The van der Waals surface area contributed by atoms with E-state index in [0.717, 1.165) is 5.33 Å². The van der Waals surface area contributed by atoms with E-state index in [1.54, 1.807) is 17.9 Å². The van der Waals surface area contributed by atoms with Crippen LogP contribution in [0.2, 0.25) is 0 Å². The first-order valence-electron chi connectivity index (χ1n) is 6.29. The van der Waals surface area contributed by atoms with Gasteiger partial charge in [-0.25, -0.2) is 4.39 Å². The molecule has 3 nitrogen and oxygen atoms in total. The Hall–Kier alpha value is -0.940. The van der Waals surface area contributed by atoms with E-state index in [1.807, 2.05) is 6.92 Å². The minimum atomic E-state index is -0.291. The molecule has 19 heavy (non-hydrogen) atoms. The maximum atomic E-state index is 13.2. The highest BCUT2D eigenvalue weighted by Gasteiger charge is 2.14. The van der Waals surface area contributed by atoms with E-state index in [0.29, 0.717) is 37.4 Å². The number of halogens is 2. The Bertz CT molecular complexity index is 426. The fourth-order valence-electron chi connectivity index (χ4n) is 1.69. The molecule has 1 amide bonds. The first kappa shape index (κ1) is 16.1. The van der Waals surface area contributed by atoms with Gasteiger partial charge in [0.15, 0.2) is 0 Å². The lowest BCUT2D eigenvalue weighted by molar-refractivity contribution is 0.0672. The lowest BCUT2D eigenvalue weighted by Gasteiger charge is -2.21. The lowest BCUT2D eigenvalue weighted by Crippen LogP contribution is -2.34. The number of nitrogens with zero attached hydrogens (tertiary/aromatic N) is 1. The van der Waals surface area contributed by atoms with Crippen LogP contribution in [0.1, 0.15) is 22.8 Å². The van der Waals surface area contributed by atoms with Crippen LogP contribution in [0.25, 0.3) is 0 Å². The van der Waals surface area contributed by atoms with Gasteiger partial charge in [0.05, 0.1) is 13.2 Å². The number of hydrogen-bond donors (Lipinski definition) is 0. The Labute approximate surface area is 121 Å². The standard InChI is InChI=1S/C14H19BrFNO2/c1-3-17(7-9-19-8-6-15)14(18)12-4-5-13(16)11(2)10-12/h4-5,10H,3,6-9H2,1-2H3. The summed E-state index contributed by atoms with van der Waals surface area (Å²) in [6.07, 6.45) is 0. The molecule has 0 atom stereocenters. The van der Waals surface area contributed by atoms with Crippen LogP contribution in [-0.2, 0) is 4.74 Å². The summed E-state index contributed by atoms with van der Waals surface area (Å²) < 4.78 is 18.5. The van der Waals surface area contributed by atoms with Crippen LogP contribution in [0, 0.1) is 12.7 Å². The molecule has 0 aliphatic rings. The molecule has 1 aromatic rings. The summed E-state index contributed by atoms with van der Waals surface area (Å²) in [5, 5.41) is 0.782. The molecule has 0 heterocycles. The van der Waals surface area contributed by atoms with Gasteiger partial charge in [-0.1, -0.05) is 15.9 Å². The Balaban J connectivity index is 2.64. The van der Waals surface area contributed by atoms with E-state index in [4.69, 9.17) is 4.74 Å². The molecule has 0 unspecified atom stereocenters. The summed E-state index contributed by atoms with van der Waals surface area (Å²) in [6.45, 7) is 5.85. The molecule has 0 aliphatic heterocycles. The molecule has 0 spiro atoms. The molecule has 0 aromatic heterocycles. The van der Waals surface area contributed by atoms with Crippen molar-refractivity contribution in [1.29, 1.82) is 0 Å². The monoisotopic (exact) mass is 331 g/mol. The number of likely N-dealkylation sites (N-methyl/N-ethyl adjacent to an activating group) is 1. The predicted molar refractivity (Wildman–Crippen MR) is 77.3 cm³/mol. The number of carbonyl (C=O) groups excluding carboxylic acids is 1. The van der Waals surface area contributed by atoms with Gasteiger partial charge in [-0.15, -0.1) is 0 Å². The highest BCUT2D eigenvalue weighted by Crippen LogP contribution is 2.11. The maximum Gasteiger partial charge on any atom is 0.253 e. The molecule has 0 N–H and O–H groups in total. The lowest BCUT2D eigenvalue weighted by atomic mass is 10.1. The second kappa shape index (κ2) is 8.27. The Morgan fingerprint density at radius 2 is 2.16 bits per heavy atom. The van der Waals surface area contributed by atoms with Gasteiger partial charge in [0.1, 0.15) is 5.82 Å². The minimum absolute atomic E-state index is 0.0898. The first-order chi connectivity index (χ1) is 9.10. The van der Waals surface area contributed by atoms with Crippen molar-refractivity contribution in [1.82, 2.24) is 4.90 Å².